The topological polar surface area (TPSA) is 23.8 Å². The Kier molecular flexibility index (Phi) is 3.80. The second-order valence-electron chi connectivity index (χ2n) is 4.55. The van der Waals surface area contributed by atoms with Crippen LogP contribution in [0.15, 0.2) is 42.5 Å². The molecule has 102 valence electrons. The van der Waals surface area contributed by atoms with Crippen molar-refractivity contribution >= 4 is 0 Å². The molecule has 0 bridgehead atoms. The third-order valence-electron chi connectivity index (χ3n) is 3.16. The first kappa shape index (κ1) is 14.1. The normalized spacial score (nSPS) is 11.2. The van der Waals surface area contributed by atoms with E-state index in [9.17, 15) is 13.2 Å². The van der Waals surface area contributed by atoms with Gasteiger partial charge in [-0.1, -0.05) is 24.3 Å². The maximum atomic E-state index is 12.5. The number of rotatable bonds is 2. The molecular formula is C16H12F3N. The Morgan fingerprint density at radius 1 is 1.00 bits per heavy atom. The summed E-state index contributed by atoms with van der Waals surface area (Å²) in [5.74, 6) is 0. The highest BCUT2D eigenvalue weighted by molar-refractivity contribution is 5.65. The van der Waals surface area contributed by atoms with Gasteiger partial charge in [-0.05, 0) is 47.4 Å². The minimum Gasteiger partial charge on any atom is -0.198 e. The Bertz CT molecular complexity index is 649. The Labute approximate surface area is 115 Å². The monoisotopic (exact) mass is 275 g/mol. The summed E-state index contributed by atoms with van der Waals surface area (Å²) in [6.07, 6.45) is -4.03. The molecule has 2 aromatic rings. The molecule has 0 unspecified atom stereocenters. The molecule has 0 atom stereocenters. The average molecular weight is 275 g/mol. The molecule has 4 heteroatoms. The van der Waals surface area contributed by atoms with Crippen LogP contribution in [0.2, 0.25) is 0 Å². The van der Waals surface area contributed by atoms with E-state index in [0.717, 1.165) is 28.8 Å². The van der Waals surface area contributed by atoms with Crippen molar-refractivity contribution in [3.8, 4) is 17.2 Å². The molecule has 0 heterocycles. The molecule has 0 amide bonds. The van der Waals surface area contributed by atoms with Gasteiger partial charge in [0.1, 0.15) is 0 Å². The van der Waals surface area contributed by atoms with Gasteiger partial charge in [-0.25, -0.2) is 0 Å². The Morgan fingerprint density at radius 2 is 1.60 bits per heavy atom. The number of aryl methyl sites for hydroxylation is 1. The number of alkyl halides is 3. The fraction of sp³-hybridized carbons (Fsp3) is 0.188. The van der Waals surface area contributed by atoms with Crippen LogP contribution in [0.1, 0.15) is 16.7 Å². The van der Waals surface area contributed by atoms with Crippen LogP contribution in [-0.4, -0.2) is 0 Å². The van der Waals surface area contributed by atoms with Gasteiger partial charge in [0, 0.05) is 0 Å². The molecule has 0 aromatic heterocycles. The predicted molar refractivity (Wildman–Crippen MR) is 70.9 cm³/mol. The van der Waals surface area contributed by atoms with Crippen molar-refractivity contribution in [1.29, 1.82) is 5.26 Å². The average Bonchev–Trinajstić information content (AvgIpc) is 2.41. The number of nitriles is 1. The van der Waals surface area contributed by atoms with Crippen LogP contribution in [0.25, 0.3) is 11.1 Å². The number of halogens is 3. The Morgan fingerprint density at radius 3 is 2.15 bits per heavy atom. The molecule has 0 N–H and O–H groups in total. The SMILES string of the molecule is Cc1ccc(-c2ccc(C(F)(F)F)cc2)cc1CC#N. The summed E-state index contributed by atoms with van der Waals surface area (Å²) >= 11 is 0. The molecule has 20 heavy (non-hydrogen) atoms. The van der Waals surface area contributed by atoms with E-state index in [0.29, 0.717) is 12.0 Å². The standard InChI is InChI=1S/C16H12F3N/c1-11-2-3-14(10-13(11)8-9-20)12-4-6-15(7-5-12)16(17,18)19/h2-7,10H,8H2,1H3. The zero-order valence-electron chi connectivity index (χ0n) is 10.8. The quantitative estimate of drug-likeness (QED) is 0.776. The molecule has 0 aliphatic heterocycles. The number of hydrogen-bond acceptors (Lipinski definition) is 1. The van der Waals surface area contributed by atoms with Crippen LogP contribution in [0, 0.1) is 18.3 Å². The highest BCUT2D eigenvalue weighted by Crippen LogP contribution is 2.31. The molecule has 0 fully saturated rings. The fourth-order valence-electron chi connectivity index (χ4n) is 1.98. The third kappa shape index (κ3) is 3.00. The summed E-state index contributed by atoms with van der Waals surface area (Å²) in [4.78, 5) is 0. The number of benzene rings is 2. The Hall–Kier alpha value is -2.28. The van der Waals surface area contributed by atoms with Gasteiger partial charge in [0.15, 0.2) is 0 Å². The van der Waals surface area contributed by atoms with Crippen molar-refractivity contribution in [3.63, 3.8) is 0 Å². The minimum atomic E-state index is -4.32. The van der Waals surface area contributed by atoms with E-state index in [4.69, 9.17) is 5.26 Å². The predicted octanol–water partition coefficient (Wildman–Crippen LogP) is 4.75. The van der Waals surface area contributed by atoms with Crippen LogP contribution < -0.4 is 0 Å². The molecule has 2 rings (SSSR count). The van der Waals surface area contributed by atoms with E-state index in [2.05, 4.69) is 6.07 Å². The molecule has 0 saturated carbocycles. The van der Waals surface area contributed by atoms with Gasteiger partial charge in [0.05, 0.1) is 18.1 Å². The molecule has 1 nitrogen and oxygen atoms in total. The van der Waals surface area contributed by atoms with Gasteiger partial charge in [-0.2, -0.15) is 18.4 Å². The summed E-state index contributed by atoms with van der Waals surface area (Å²) in [5, 5.41) is 8.76. The van der Waals surface area contributed by atoms with E-state index in [1.54, 1.807) is 0 Å². The van der Waals surface area contributed by atoms with E-state index < -0.39 is 11.7 Å². The van der Waals surface area contributed by atoms with Crippen molar-refractivity contribution in [1.82, 2.24) is 0 Å². The van der Waals surface area contributed by atoms with Crippen LogP contribution >= 0.6 is 0 Å². The highest BCUT2D eigenvalue weighted by Gasteiger charge is 2.29. The maximum Gasteiger partial charge on any atom is 0.416 e. The number of nitrogens with zero attached hydrogens (tertiary/aromatic N) is 1. The van der Waals surface area contributed by atoms with Crippen LogP contribution in [0.3, 0.4) is 0 Å². The van der Waals surface area contributed by atoms with Crippen molar-refractivity contribution in [2.75, 3.05) is 0 Å². The maximum absolute atomic E-state index is 12.5. The van der Waals surface area contributed by atoms with Crippen molar-refractivity contribution in [2.45, 2.75) is 19.5 Å². The van der Waals surface area contributed by atoms with E-state index >= 15 is 0 Å². The summed E-state index contributed by atoms with van der Waals surface area (Å²) < 4.78 is 37.5. The lowest BCUT2D eigenvalue weighted by Crippen LogP contribution is -2.04. The van der Waals surface area contributed by atoms with E-state index in [-0.39, 0.29) is 0 Å². The molecule has 0 aliphatic rings. The Balaban J connectivity index is 2.37. The first-order valence-electron chi connectivity index (χ1n) is 6.06. The molecule has 0 saturated heterocycles. The zero-order valence-corrected chi connectivity index (χ0v) is 10.8. The summed E-state index contributed by atoms with van der Waals surface area (Å²) in [5.41, 5.74) is 2.75. The van der Waals surface area contributed by atoms with Gasteiger partial charge in [0.2, 0.25) is 0 Å². The molecular weight excluding hydrogens is 263 g/mol. The van der Waals surface area contributed by atoms with Gasteiger partial charge in [0.25, 0.3) is 0 Å². The van der Waals surface area contributed by atoms with Crippen LogP contribution in [-0.2, 0) is 12.6 Å². The first-order valence-corrected chi connectivity index (χ1v) is 6.06. The summed E-state index contributed by atoms with van der Waals surface area (Å²) in [7, 11) is 0. The molecule has 0 aliphatic carbocycles. The fourth-order valence-corrected chi connectivity index (χ4v) is 1.98. The summed E-state index contributed by atoms with van der Waals surface area (Å²) in [6.45, 7) is 1.91. The lowest BCUT2D eigenvalue weighted by atomic mass is 9.97. The second kappa shape index (κ2) is 5.38. The first-order chi connectivity index (χ1) is 9.41. The van der Waals surface area contributed by atoms with Crippen LogP contribution in [0.4, 0.5) is 13.2 Å². The highest BCUT2D eigenvalue weighted by atomic mass is 19.4. The minimum absolute atomic E-state index is 0.292. The number of hydrogen-bond donors (Lipinski definition) is 0. The second-order valence-corrected chi connectivity index (χ2v) is 4.55. The largest absolute Gasteiger partial charge is 0.416 e. The van der Waals surface area contributed by atoms with Crippen molar-refractivity contribution < 1.29 is 13.2 Å². The molecule has 2 aromatic carbocycles. The van der Waals surface area contributed by atoms with E-state index in [1.807, 2.05) is 25.1 Å². The van der Waals surface area contributed by atoms with Gasteiger partial charge >= 0.3 is 6.18 Å². The lowest BCUT2D eigenvalue weighted by Gasteiger charge is -2.09. The zero-order chi connectivity index (χ0) is 14.8. The van der Waals surface area contributed by atoms with Crippen molar-refractivity contribution in [2.24, 2.45) is 0 Å². The smallest absolute Gasteiger partial charge is 0.198 e. The lowest BCUT2D eigenvalue weighted by molar-refractivity contribution is -0.137. The van der Waals surface area contributed by atoms with E-state index in [1.165, 1.54) is 12.1 Å². The third-order valence-corrected chi connectivity index (χ3v) is 3.16. The van der Waals surface area contributed by atoms with Gasteiger partial charge in [-0.15, -0.1) is 0 Å². The van der Waals surface area contributed by atoms with Gasteiger partial charge < -0.3 is 0 Å². The summed E-state index contributed by atoms with van der Waals surface area (Å²) in [6, 6.07) is 12.7. The van der Waals surface area contributed by atoms with Crippen LogP contribution in [0.5, 0.6) is 0 Å². The molecule has 0 radical (unpaired) electrons. The van der Waals surface area contributed by atoms with Crippen molar-refractivity contribution in [3.05, 3.63) is 59.2 Å². The van der Waals surface area contributed by atoms with Gasteiger partial charge in [-0.3, -0.25) is 0 Å². The molecule has 0 spiro atoms.